The molecule has 5 nitrogen and oxygen atoms in total. The number of carbonyl (C=O) groups excluding carboxylic acids is 2. The number of hydrogen-bond donors (Lipinski definition) is 0. The van der Waals surface area contributed by atoms with Crippen LogP contribution in [0.5, 0.6) is 0 Å². The minimum Gasteiger partial charge on any atom is -0.468 e. The largest absolute Gasteiger partial charge is 0.508 e. The molecule has 0 bridgehead atoms. The van der Waals surface area contributed by atoms with Gasteiger partial charge >= 0.3 is 12.1 Å². The molecule has 0 aliphatic heterocycles. The molecule has 0 aliphatic rings. The molecule has 0 heterocycles. The number of esters is 1. The van der Waals surface area contributed by atoms with Crippen molar-refractivity contribution >= 4 is 28.1 Å². The Labute approximate surface area is 120 Å². The summed E-state index contributed by atoms with van der Waals surface area (Å²) in [5.74, 6) is -0.402. The Morgan fingerprint density at radius 3 is 2.53 bits per heavy atom. The Kier molecular flexibility index (Phi) is 6.95. The predicted octanol–water partition coefficient (Wildman–Crippen LogP) is 2.67. The van der Waals surface area contributed by atoms with Crippen LogP contribution in [0.1, 0.15) is 12.0 Å². The van der Waals surface area contributed by atoms with Crippen molar-refractivity contribution in [1.82, 2.24) is 0 Å². The van der Waals surface area contributed by atoms with Crippen LogP contribution in [0.4, 0.5) is 4.79 Å². The molecule has 1 atom stereocenters. The van der Waals surface area contributed by atoms with E-state index in [1.807, 2.05) is 30.3 Å². The highest BCUT2D eigenvalue weighted by Gasteiger charge is 2.15. The van der Waals surface area contributed by atoms with E-state index in [4.69, 9.17) is 9.47 Å². The van der Waals surface area contributed by atoms with Gasteiger partial charge in [0.05, 0.1) is 13.7 Å². The summed E-state index contributed by atoms with van der Waals surface area (Å²) in [6, 6.07) is 9.29. The molecule has 1 rings (SSSR count). The summed E-state index contributed by atoms with van der Waals surface area (Å²) in [7, 11) is 1.30. The Morgan fingerprint density at radius 2 is 1.89 bits per heavy atom. The summed E-state index contributed by atoms with van der Waals surface area (Å²) >= 11 is 3.12. The highest BCUT2D eigenvalue weighted by molar-refractivity contribution is 9.10. The lowest BCUT2D eigenvalue weighted by Crippen LogP contribution is -2.19. The molecular weight excluding hydrogens is 316 g/mol. The van der Waals surface area contributed by atoms with Gasteiger partial charge in [0.2, 0.25) is 0 Å². The highest BCUT2D eigenvalue weighted by Crippen LogP contribution is 2.08. The molecule has 104 valence electrons. The van der Waals surface area contributed by atoms with Crippen LogP contribution in [-0.2, 0) is 25.6 Å². The maximum Gasteiger partial charge on any atom is 0.508 e. The SMILES string of the molecule is COC(=O)C(Br)CCOC(=O)OCc1ccccc1. The average molecular weight is 331 g/mol. The zero-order valence-electron chi connectivity index (χ0n) is 10.5. The zero-order valence-corrected chi connectivity index (χ0v) is 12.1. The van der Waals surface area contributed by atoms with Gasteiger partial charge in [-0.15, -0.1) is 0 Å². The quantitative estimate of drug-likeness (QED) is 0.592. The summed E-state index contributed by atoms with van der Waals surface area (Å²) < 4.78 is 14.3. The van der Waals surface area contributed by atoms with Gasteiger partial charge < -0.3 is 14.2 Å². The third-order valence-electron chi connectivity index (χ3n) is 2.25. The second-order valence-electron chi connectivity index (χ2n) is 3.65. The van der Waals surface area contributed by atoms with E-state index in [0.717, 1.165) is 5.56 Å². The summed E-state index contributed by atoms with van der Waals surface area (Å²) in [5, 5.41) is 0. The van der Waals surface area contributed by atoms with Crippen LogP contribution in [-0.4, -0.2) is 30.7 Å². The normalized spacial score (nSPS) is 11.5. The monoisotopic (exact) mass is 330 g/mol. The van der Waals surface area contributed by atoms with Crippen molar-refractivity contribution < 1.29 is 23.8 Å². The Balaban J connectivity index is 2.16. The number of hydrogen-bond acceptors (Lipinski definition) is 5. The second kappa shape index (κ2) is 8.53. The van der Waals surface area contributed by atoms with Crippen molar-refractivity contribution in [2.24, 2.45) is 0 Å². The van der Waals surface area contributed by atoms with Gasteiger partial charge in [-0.3, -0.25) is 4.79 Å². The van der Waals surface area contributed by atoms with Gasteiger partial charge in [0.25, 0.3) is 0 Å². The van der Waals surface area contributed by atoms with Crippen molar-refractivity contribution in [3.8, 4) is 0 Å². The van der Waals surface area contributed by atoms with Gasteiger partial charge in [-0.1, -0.05) is 46.3 Å². The van der Waals surface area contributed by atoms with Gasteiger partial charge in [-0.2, -0.15) is 0 Å². The van der Waals surface area contributed by atoms with Crippen molar-refractivity contribution in [3.63, 3.8) is 0 Å². The van der Waals surface area contributed by atoms with Crippen molar-refractivity contribution in [2.75, 3.05) is 13.7 Å². The van der Waals surface area contributed by atoms with Crippen LogP contribution in [0.2, 0.25) is 0 Å². The Bertz CT molecular complexity index is 407. The van der Waals surface area contributed by atoms with E-state index < -0.39 is 17.0 Å². The molecule has 0 saturated heterocycles. The first-order chi connectivity index (χ1) is 9.13. The van der Waals surface area contributed by atoms with Crippen LogP contribution in [0.3, 0.4) is 0 Å². The maximum atomic E-state index is 11.3. The number of alkyl halides is 1. The first kappa shape index (κ1) is 15.5. The van der Waals surface area contributed by atoms with Crippen molar-refractivity contribution in [3.05, 3.63) is 35.9 Å². The van der Waals surface area contributed by atoms with E-state index in [0.29, 0.717) is 6.42 Å². The number of rotatable bonds is 6. The van der Waals surface area contributed by atoms with Gasteiger partial charge in [-0.05, 0) is 5.56 Å². The molecule has 0 radical (unpaired) electrons. The van der Waals surface area contributed by atoms with E-state index >= 15 is 0 Å². The summed E-state index contributed by atoms with van der Waals surface area (Å²) in [5.41, 5.74) is 0.882. The summed E-state index contributed by atoms with van der Waals surface area (Å²) in [4.78, 5) is 21.8. The summed E-state index contributed by atoms with van der Waals surface area (Å²) in [6.07, 6.45) is -0.430. The highest BCUT2D eigenvalue weighted by atomic mass is 79.9. The molecule has 0 aliphatic carbocycles. The Hall–Kier alpha value is -1.56. The van der Waals surface area contributed by atoms with Crippen LogP contribution < -0.4 is 0 Å². The molecule has 1 aromatic rings. The van der Waals surface area contributed by atoms with Crippen molar-refractivity contribution in [2.45, 2.75) is 17.9 Å². The van der Waals surface area contributed by atoms with Crippen LogP contribution in [0.15, 0.2) is 30.3 Å². The van der Waals surface area contributed by atoms with Crippen LogP contribution >= 0.6 is 15.9 Å². The molecule has 6 heteroatoms. The van der Waals surface area contributed by atoms with Gasteiger partial charge in [-0.25, -0.2) is 4.79 Å². The van der Waals surface area contributed by atoms with Gasteiger partial charge in [0.1, 0.15) is 11.4 Å². The van der Waals surface area contributed by atoms with Crippen LogP contribution in [0, 0.1) is 0 Å². The number of carbonyl (C=O) groups is 2. The zero-order chi connectivity index (χ0) is 14.1. The minimum atomic E-state index is -0.756. The molecule has 0 saturated carbocycles. The molecular formula is C13H15BrO5. The summed E-state index contributed by atoms with van der Waals surface area (Å²) in [6.45, 7) is 0.243. The molecule has 0 aromatic heterocycles. The van der Waals surface area contributed by atoms with Gasteiger partial charge in [0, 0.05) is 6.42 Å². The molecule has 0 fully saturated rings. The third kappa shape index (κ3) is 6.24. The van der Waals surface area contributed by atoms with E-state index in [9.17, 15) is 9.59 Å². The molecule has 1 aromatic carbocycles. The van der Waals surface area contributed by atoms with E-state index in [1.54, 1.807) is 0 Å². The lowest BCUT2D eigenvalue weighted by molar-refractivity contribution is -0.140. The molecule has 0 N–H and O–H groups in total. The first-order valence-electron chi connectivity index (χ1n) is 5.69. The maximum absolute atomic E-state index is 11.3. The van der Waals surface area contributed by atoms with Gasteiger partial charge in [0.15, 0.2) is 0 Å². The fraction of sp³-hybridized carbons (Fsp3) is 0.385. The lowest BCUT2D eigenvalue weighted by atomic mass is 10.2. The Morgan fingerprint density at radius 1 is 1.21 bits per heavy atom. The topological polar surface area (TPSA) is 61.8 Å². The molecule has 19 heavy (non-hydrogen) atoms. The molecule has 0 spiro atoms. The molecule has 1 unspecified atom stereocenters. The first-order valence-corrected chi connectivity index (χ1v) is 6.60. The van der Waals surface area contributed by atoms with E-state index in [2.05, 4.69) is 20.7 Å². The fourth-order valence-electron chi connectivity index (χ4n) is 1.25. The smallest absolute Gasteiger partial charge is 0.468 e. The predicted molar refractivity (Wildman–Crippen MR) is 71.9 cm³/mol. The third-order valence-corrected chi connectivity index (χ3v) is 3.08. The number of benzene rings is 1. The van der Waals surface area contributed by atoms with Crippen LogP contribution in [0.25, 0.3) is 0 Å². The number of methoxy groups -OCH3 is 1. The van der Waals surface area contributed by atoms with Crippen molar-refractivity contribution in [1.29, 1.82) is 0 Å². The minimum absolute atomic E-state index is 0.0820. The van der Waals surface area contributed by atoms with E-state index in [-0.39, 0.29) is 13.2 Å². The lowest BCUT2D eigenvalue weighted by Gasteiger charge is -2.08. The molecule has 0 amide bonds. The standard InChI is InChI=1S/C13H15BrO5/c1-17-12(15)11(14)7-8-18-13(16)19-9-10-5-3-2-4-6-10/h2-6,11H,7-9H2,1H3. The average Bonchev–Trinajstić information content (AvgIpc) is 2.45. The number of ether oxygens (including phenoxy) is 3. The second-order valence-corrected chi connectivity index (χ2v) is 4.76. The number of halogens is 1. The van der Waals surface area contributed by atoms with E-state index in [1.165, 1.54) is 7.11 Å². The fourth-order valence-corrected chi connectivity index (χ4v) is 1.62.